The van der Waals surface area contributed by atoms with Crippen molar-refractivity contribution in [2.45, 2.75) is 220 Å². The molecule has 1 saturated heterocycles. The number of esters is 4. The molecular formula is C74H97NO15. The van der Waals surface area contributed by atoms with Gasteiger partial charge in [0.25, 0.3) is 5.91 Å². The number of rotatable bonds is 15. The number of carbonyl (C=O) groups is 6. The van der Waals surface area contributed by atoms with Crippen molar-refractivity contribution in [2.24, 2.45) is 63.1 Å². The highest BCUT2D eigenvalue weighted by Gasteiger charge is 2.78. The van der Waals surface area contributed by atoms with Crippen LogP contribution in [0.1, 0.15) is 192 Å². The van der Waals surface area contributed by atoms with Crippen LogP contribution in [0.2, 0.25) is 0 Å². The summed E-state index contributed by atoms with van der Waals surface area (Å²) < 4.78 is 30.3. The van der Waals surface area contributed by atoms with Gasteiger partial charge in [0.1, 0.15) is 23.9 Å². The Kier molecular flexibility index (Phi) is 19.2. The molecule has 1 aliphatic heterocycles. The highest BCUT2D eigenvalue weighted by atomic mass is 16.6. The molecule has 16 heteroatoms. The number of nitrogens with one attached hydrogen (secondary N) is 1. The van der Waals surface area contributed by atoms with Gasteiger partial charge in [-0.3, -0.25) is 19.2 Å². The third-order valence-electron chi connectivity index (χ3n) is 23.8. The van der Waals surface area contributed by atoms with Gasteiger partial charge in [-0.25, -0.2) is 9.59 Å². The highest BCUT2D eigenvalue weighted by molar-refractivity contribution is 5.96. The Hall–Kier alpha value is -6.04. The predicted molar refractivity (Wildman–Crippen MR) is 337 cm³/mol. The van der Waals surface area contributed by atoms with E-state index < -0.39 is 113 Å². The van der Waals surface area contributed by atoms with E-state index >= 15 is 4.79 Å². The summed E-state index contributed by atoms with van der Waals surface area (Å²) in [5.74, 6) is -1.38. The van der Waals surface area contributed by atoms with Gasteiger partial charge in [-0.15, -0.1) is 0 Å². The molecule has 8 aliphatic rings. The maximum Gasteiger partial charge on any atom is 0.338 e. The zero-order chi connectivity index (χ0) is 65.0. The van der Waals surface area contributed by atoms with Gasteiger partial charge in [0.05, 0.1) is 41.8 Å². The highest BCUT2D eigenvalue weighted by Crippen LogP contribution is 2.68. The smallest absolute Gasteiger partial charge is 0.338 e. The zero-order valence-electron chi connectivity index (χ0n) is 54.6. The fourth-order valence-corrected chi connectivity index (χ4v) is 18.8. The van der Waals surface area contributed by atoms with E-state index in [9.17, 15) is 44.4 Å². The molecule has 3 aromatic rings. The van der Waals surface area contributed by atoms with Crippen LogP contribution in [-0.2, 0) is 42.9 Å². The second kappa shape index (κ2) is 25.8. The quantitative estimate of drug-likeness (QED) is 0.0540. The van der Waals surface area contributed by atoms with E-state index in [0.717, 1.165) is 62.2 Å². The lowest BCUT2D eigenvalue weighted by atomic mass is 9.44. The minimum absolute atomic E-state index is 0.00289. The molecule has 19 atom stereocenters. The fourth-order valence-electron chi connectivity index (χ4n) is 18.8. The Bertz CT molecular complexity index is 3220. The normalized spacial score (nSPS) is 36.4. The second-order valence-electron chi connectivity index (χ2n) is 29.5. The summed E-state index contributed by atoms with van der Waals surface area (Å²) in [7, 11) is 0. The maximum atomic E-state index is 15.5. The first-order chi connectivity index (χ1) is 42.5. The Morgan fingerprint density at radius 1 is 0.767 bits per heavy atom. The molecule has 488 valence electrons. The van der Waals surface area contributed by atoms with E-state index in [0.29, 0.717) is 16.4 Å². The van der Waals surface area contributed by atoms with Crippen LogP contribution in [0.3, 0.4) is 0 Å². The van der Waals surface area contributed by atoms with Crippen molar-refractivity contribution in [3.05, 3.63) is 130 Å². The third-order valence-corrected chi connectivity index (χ3v) is 23.8. The molecule has 5 N–H and O–H groups in total. The van der Waals surface area contributed by atoms with Gasteiger partial charge in [-0.05, 0) is 153 Å². The molecule has 0 aromatic heterocycles. The van der Waals surface area contributed by atoms with Crippen LogP contribution in [0.15, 0.2) is 114 Å². The Labute approximate surface area is 531 Å². The van der Waals surface area contributed by atoms with E-state index in [1.807, 2.05) is 0 Å². The number of ether oxygens (including phenoxy) is 5. The van der Waals surface area contributed by atoms with Gasteiger partial charge in [0, 0.05) is 37.7 Å². The van der Waals surface area contributed by atoms with Crippen molar-refractivity contribution in [1.82, 2.24) is 5.32 Å². The minimum atomic E-state index is -2.39. The lowest BCUT2D eigenvalue weighted by Gasteiger charge is -2.67. The summed E-state index contributed by atoms with van der Waals surface area (Å²) in [6, 6.07) is 22.9. The lowest BCUT2D eigenvalue weighted by Crippen LogP contribution is -2.82. The number of Topliss-reactive ketones (excluding diaryl/α,β-unsaturated/α-hetero) is 1. The largest absolute Gasteiger partial charge is 0.456 e. The van der Waals surface area contributed by atoms with Crippen LogP contribution < -0.4 is 5.32 Å². The number of aliphatic hydroxyl groups excluding tert-OH is 3. The number of fused-ring (bicyclic) bond motifs is 10. The standard InChI is InChI=1S/C47H51NO14.C27H46O/c1-25-31(60-43(56)36(52)35(28-16-10-7-11-17-28)48-41(54)29-18-12-8-13-19-29)23-47(57)40(61-42(55)30-20-14-9-15-21-30)38-45(6,32(51)22-33-46(38,24-58-33)62-27(3)50)39(53)37(59-26(2)49)34(25)44(47,4)5;1-18(2)7-6-8-19(3)23-11-12-24-22-10-9-20-17-21(28)13-15-26(20,4)25(22)14-16-27(23,24)5/h7-21,31-33,35-38,40,51-52,57H,22-24H2,1-6H3,(H,48,54);9,18-19,21-25,28H,6-8,10-17H2,1-5H3/t31-,32-,33+,35-,36+,37+,38-,40-,45+,46-,47+;19-,21+,22+,23-,24+,25+,26+,27-/m01/s1. The summed E-state index contributed by atoms with van der Waals surface area (Å²) in [4.78, 5) is 83.5. The number of amides is 1. The monoisotopic (exact) mass is 1240 g/mol. The minimum Gasteiger partial charge on any atom is -0.456 e. The van der Waals surface area contributed by atoms with Crippen molar-refractivity contribution in [2.75, 3.05) is 6.61 Å². The van der Waals surface area contributed by atoms with Gasteiger partial charge in [-0.2, -0.15) is 0 Å². The predicted octanol–water partition coefficient (Wildman–Crippen LogP) is 11.1. The van der Waals surface area contributed by atoms with Gasteiger partial charge < -0.3 is 49.4 Å². The Morgan fingerprint density at radius 3 is 2.02 bits per heavy atom. The van der Waals surface area contributed by atoms with E-state index in [-0.39, 0.29) is 41.4 Å². The van der Waals surface area contributed by atoms with E-state index in [1.54, 1.807) is 98.3 Å². The van der Waals surface area contributed by atoms with Gasteiger partial charge in [0.2, 0.25) is 0 Å². The van der Waals surface area contributed by atoms with E-state index in [1.165, 1.54) is 83.8 Å². The average Bonchev–Trinajstić information content (AvgIpc) is 0.764. The molecule has 5 saturated carbocycles. The molecule has 6 fully saturated rings. The van der Waals surface area contributed by atoms with Crippen molar-refractivity contribution >= 4 is 35.6 Å². The van der Waals surface area contributed by atoms with Crippen molar-refractivity contribution in [3.63, 3.8) is 0 Å². The van der Waals surface area contributed by atoms with Crippen LogP contribution in [0.25, 0.3) is 0 Å². The fraction of sp³-hybridized carbons (Fsp3) is 0.622. The van der Waals surface area contributed by atoms with Crippen LogP contribution in [0, 0.1) is 63.1 Å². The molecule has 0 unspecified atom stereocenters. The van der Waals surface area contributed by atoms with E-state index in [2.05, 4.69) is 46.0 Å². The Morgan fingerprint density at radius 2 is 1.41 bits per heavy atom. The number of benzene rings is 3. The summed E-state index contributed by atoms with van der Waals surface area (Å²) in [6.45, 7) is 20.5. The summed E-state index contributed by atoms with van der Waals surface area (Å²) in [6.07, 6.45) is 6.65. The number of ketones is 1. The molecule has 1 heterocycles. The summed E-state index contributed by atoms with van der Waals surface area (Å²) >= 11 is 0. The van der Waals surface area contributed by atoms with Crippen LogP contribution >= 0.6 is 0 Å². The first kappa shape index (κ1) is 66.9. The SMILES string of the molecule is CC(=O)O[C@H]1C(=O)[C@@]2(C)[C@H]([C@H](OC(=O)c3ccccc3)[C@]3(O)C[C@H](OC(=O)[C@H](O)[C@@H](NC(=O)c4ccccc4)c4ccccc4)C(C)=C1C3(C)C)[C@]1(OC(C)=O)CO[C@@H]1C[C@@H]2O.CC(C)CCC[C@@H](C)[C@H]1CC[C@H]2[C@@H]3CC=C4C[C@@H](O)CC[C@]4(C)[C@H]3CC[C@]12C. The molecule has 0 spiro atoms. The topological polar surface area (TPSA) is 242 Å². The molecular weight excluding hydrogens is 1140 g/mol. The molecule has 3 aromatic carbocycles. The molecule has 1 amide bonds. The van der Waals surface area contributed by atoms with Crippen LogP contribution in [-0.4, -0.2) is 117 Å². The maximum absolute atomic E-state index is 15.5. The summed E-state index contributed by atoms with van der Waals surface area (Å²) in [5, 5.41) is 50.4. The van der Waals surface area contributed by atoms with Crippen LogP contribution in [0.5, 0.6) is 0 Å². The molecule has 90 heavy (non-hydrogen) atoms. The molecule has 0 radical (unpaired) electrons. The third kappa shape index (κ3) is 11.8. The van der Waals surface area contributed by atoms with Crippen molar-refractivity contribution < 1.29 is 72.9 Å². The van der Waals surface area contributed by atoms with Gasteiger partial charge in [-0.1, -0.05) is 146 Å². The number of allylic oxidation sites excluding steroid dienone is 1. The molecule has 2 bridgehead atoms. The first-order valence-electron chi connectivity index (χ1n) is 33.1. The number of carbonyl (C=O) groups excluding carboxylic acids is 6. The molecule has 11 rings (SSSR count). The Balaban J connectivity index is 0.000000264. The molecule has 16 nitrogen and oxygen atoms in total. The molecule has 7 aliphatic carbocycles. The first-order valence-corrected chi connectivity index (χ1v) is 33.1. The average molecular weight is 1240 g/mol. The number of hydrogen-bond donors (Lipinski definition) is 5. The van der Waals surface area contributed by atoms with Crippen molar-refractivity contribution in [3.8, 4) is 0 Å². The number of hydrogen-bond acceptors (Lipinski definition) is 15. The van der Waals surface area contributed by atoms with Crippen molar-refractivity contribution in [1.29, 1.82) is 0 Å². The number of aliphatic hydroxyl groups is 4. The van der Waals surface area contributed by atoms with Gasteiger partial charge >= 0.3 is 23.9 Å². The second-order valence-corrected chi connectivity index (χ2v) is 29.5. The van der Waals surface area contributed by atoms with Crippen LogP contribution in [0.4, 0.5) is 0 Å². The van der Waals surface area contributed by atoms with Gasteiger partial charge in [0.15, 0.2) is 23.6 Å². The van der Waals surface area contributed by atoms with E-state index in [4.69, 9.17) is 23.7 Å². The summed E-state index contributed by atoms with van der Waals surface area (Å²) in [5.41, 5.74) is -4.42. The zero-order valence-corrected chi connectivity index (χ0v) is 54.6. The lowest BCUT2D eigenvalue weighted by molar-refractivity contribution is -0.346.